The molecule has 0 amide bonds. The Hall–Kier alpha value is -1.62. The SMILES string of the molecule is NC1CN(c2nc3ccc(F)cc3[nH]2)C1. The van der Waals surface area contributed by atoms with Gasteiger partial charge in [0.25, 0.3) is 0 Å². The quantitative estimate of drug-likeness (QED) is 0.727. The highest BCUT2D eigenvalue weighted by atomic mass is 19.1. The van der Waals surface area contributed by atoms with Gasteiger partial charge in [-0.1, -0.05) is 0 Å². The molecule has 0 atom stereocenters. The Morgan fingerprint density at radius 2 is 2.27 bits per heavy atom. The lowest BCUT2D eigenvalue weighted by atomic mass is 10.1. The molecule has 1 aromatic heterocycles. The van der Waals surface area contributed by atoms with Crippen LogP contribution in [-0.2, 0) is 0 Å². The normalized spacial score (nSPS) is 17.1. The molecule has 1 aromatic carbocycles. The van der Waals surface area contributed by atoms with E-state index in [0.29, 0.717) is 0 Å². The van der Waals surface area contributed by atoms with Gasteiger partial charge >= 0.3 is 0 Å². The van der Waals surface area contributed by atoms with Crippen molar-refractivity contribution in [2.45, 2.75) is 6.04 Å². The molecule has 0 bridgehead atoms. The summed E-state index contributed by atoms with van der Waals surface area (Å²) < 4.78 is 12.9. The largest absolute Gasteiger partial charge is 0.339 e. The number of nitrogens with two attached hydrogens (primary N) is 1. The van der Waals surface area contributed by atoms with Crippen LogP contribution in [0.3, 0.4) is 0 Å². The number of H-pyrrole nitrogens is 1. The van der Waals surface area contributed by atoms with E-state index in [0.717, 1.165) is 30.1 Å². The first-order chi connectivity index (χ1) is 7.22. The van der Waals surface area contributed by atoms with Crippen LogP contribution >= 0.6 is 0 Å². The molecule has 1 fully saturated rings. The number of benzene rings is 1. The van der Waals surface area contributed by atoms with Crippen LogP contribution in [0.2, 0.25) is 0 Å². The highest BCUT2D eigenvalue weighted by molar-refractivity contribution is 5.77. The first-order valence-electron chi connectivity index (χ1n) is 4.88. The lowest BCUT2D eigenvalue weighted by Crippen LogP contribution is -2.56. The molecule has 1 aliphatic heterocycles. The molecule has 0 spiro atoms. The standard InChI is InChI=1S/C10H11FN4/c11-6-1-2-8-9(3-6)14-10(13-8)15-4-7(12)5-15/h1-3,7H,4-5,12H2,(H,13,14). The second kappa shape index (κ2) is 2.93. The molecule has 15 heavy (non-hydrogen) atoms. The smallest absolute Gasteiger partial charge is 0.203 e. The van der Waals surface area contributed by atoms with Crippen LogP contribution in [0.4, 0.5) is 10.3 Å². The number of aromatic nitrogens is 2. The van der Waals surface area contributed by atoms with Crippen LogP contribution in [-0.4, -0.2) is 29.1 Å². The maximum Gasteiger partial charge on any atom is 0.203 e. The minimum Gasteiger partial charge on any atom is -0.339 e. The van der Waals surface area contributed by atoms with Gasteiger partial charge in [-0.15, -0.1) is 0 Å². The van der Waals surface area contributed by atoms with Gasteiger partial charge in [0, 0.05) is 19.1 Å². The van der Waals surface area contributed by atoms with Gasteiger partial charge in [0.1, 0.15) is 5.82 Å². The zero-order valence-electron chi connectivity index (χ0n) is 8.07. The summed E-state index contributed by atoms with van der Waals surface area (Å²) in [7, 11) is 0. The van der Waals surface area contributed by atoms with Gasteiger partial charge in [-0.05, 0) is 18.2 Å². The minimum absolute atomic E-state index is 0.231. The molecule has 1 aliphatic rings. The van der Waals surface area contributed by atoms with Gasteiger partial charge in [-0.2, -0.15) is 0 Å². The van der Waals surface area contributed by atoms with Crippen LogP contribution in [0.25, 0.3) is 11.0 Å². The molecule has 3 rings (SSSR count). The number of imidazole rings is 1. The molecule has 1 saturated heterocycles. The number of nitrogens with one attached hydrogen (secondary N) is 1. The molecule has 2 aromatic rings. The summed E-state index contributed by atoms with van der Waals surface area (Å²) >= 11 is 0. The third kappa shape index (κ3) is 1.35. The predicted octanol–water partition coefficient (Wildman–Crippen LogP) is 0.849. The third-order valence-electron chi connectivity index (χ3n) is 2.64. The Bertz CT molecular complexity index is 501. The fourth-order valence-corrected chi connectivity index (χ4v) is 1.80. The van der Waals surface area contributed by atoms with Crippen LogP contribution in [0.1, 0.15) is 0 Å². The van der Waals surface area contributed by atoms with E-state index in [1.807, 2.05) is 4.90 Å². The number of aromatic amines is 1. The Kier molecular flexibility index (Phi) is 1.70. The van der Waals surface area contributed by atoms with Crippen molar-refractivity contribution in [1.29, 1.82) is 0 Å². The summed E-state index contributed by atoms with van der Waals surface area (Å²) in [6, 6.07) is 4.76. The van der Waals surface area contributed by atoms with Crippen molar-refractivity contribution in [3.8, 4) is 0 Å². The molecular formula is C10H11FN4. The number of halogens is 1. The second-order valence-corrected chi connectivity index (χ2v) is 3.89. The number of anilines is 1. The number of hydrogen-bond acceptors (Lipinski definition) is 3. The topological polar surface area (TPSA) is 57.9 Å². The monoisotopic (exact) mass is 206 g/mol. The summed E-state index contributed by atoms with van der Waals surface area (Å²) in [6.07, 6.45) is 0. The molecule has 0 saturated carbocycles. The summed E-state index contributed by atoms with van der Waals surface area (Å²) in [5.74, 6) is 0.523. The molecule has 0 radical (unpaired) electrons. The van der Waals surface area contributed by atoms with Gasteiger partial charge in [0.05, 0.1) is 11.0 Å². The van der Waals surface area contributed by atoms with E-state index in [4.69, 9.17) is 5.73 Å². The first kappa shape index (κ1) is 8.67. The van der Waals surface area contributed by atoms with E-state index in [2.05, 4.69) is 9.97 Å². The van der Waals surface area contributed by atoms with Crippen LogP contribution in [0.5, 0.6) is 0 Å². The number of rotatable bonds is 1. The van der Waals surface area contributed by atoms with Crippen molar-refractivity contribution in [2.24, 2.45) is 5.73 Å². The van der Waals surface area contributed by atoms with Crippen molar-refractivity contribution in [1.82, 2.24) is 9.97 Å². The fraction of sp³-hybridized carbons (Fsp3) is 0.300. The summed E-state index contributed by atoms with van der Waals surface area (Å²) in [5, 5.41) is 0. The molecular weight excluding hydrogens is 195 g/mol. The van der Waals surface area contributed by atoms with Crippen molar-refractivity contribution in [2.75, 3.05) is 18.0 Å². The number of fused-ring (bicyclic) bond motifs is 1. The summed E-state index contributed by atoms with van der Waals surface area (Å²) in [6.45, 7) is 1.62. The zero-order valence-corrected chi connectivity index (χ0v) is 8.07. The summed E-state index contributed by atoms with van der Waals surface area (Å²) in [5.41, 5.74) is 7.19. The lowest BCUT2D eigenvalue weighted by molar-refractivity contribution is 0.511. The predicted molar refractivity (Wildman–Crippen MR) is 56.2 cm³/mol. The third-order valence-corrected chi connectivity index (χ3v) is 2.64. The number of hydrogen-bond donors (Lipinski definition) is 2. The molecule has 4 nitrogen and oxygen atoms in total. The molecule has 3 N–H and O–H groups in total. The Balaban J connectivity index is 1.99. The van der Waals surface area contributed by atoms with Crippen molar-refractivity contribution in [3.63, 3.8) is 0 Å². The molecule has 5 heteroatoms. The maximum atomic E-state index is 12.9. The van der Waals surface area contributed by atoms with E-state index in [1.54, 1.807) is 6.07 Å². The minimum atomic E-state index is -0.252. The van der Waals surface area contributed by atoms with E-state index in [9.17, 15) is 4.39 Å². The van der Waals surface area contributed by atoms with Crippen molar-refractivity contribution >= 4 is 17.0 Å². The second-order valence-electron chi connectivity index (χ2n) is 3.89. The Morgan fingerprint density at radius 1 is 1.47 bits per heavy atom. The van der Waals surface area contributed by atoms with Crippen LogP contribution < -0.4 is 10.6 Å². The van der Waals surface area contributed by atoms with Gasteiger partial charge in [-0.3, -0.25) is 0 Å². The van der Waals surface area contributed by atoms with Gasteiger partial charge in [0.2, 0.25) is 5.95 Å². The van der Waals surface area contributed by atoms with Gasteiger partial charge in [-0.25, -0.2) is 9.37 Å². The fourth-order valence-electron chi connectivity index (χ4n) is 1.80. The molecule has 0 unspecified atom stereocenters. The highest BCUT2D eigenvalue weighted by Gasteiger charge is 2.25. The Morgan fingerprint density at radius 3 is 3.00 bits per heavy atom. The highest BCUT2D eigenvalue weighted by Crippen LogP contribution is 2.21. The van der Waals surface area contributed by atoms with Gasteiger partial charge in [0.15, 0.2) is 0 Å². The Labute approximate surface area is 85.9 Å². The van der Waals surface area contributed by atoms with Crippen LogP contribution in [0, 0.1) is 5.82 Å². The van der Waals surface area contributed by atoms with E-state index in [1.165, 1.54) is 12.1 Å². The van der Waals surface area contributed by atoms with Crippen LogP contribution in [0.15, 0.2) is 18.2 Å². The lowest BCUT2D eigenvalue weighted by Gasteiger charge is -2.36. The molecule has 2 heterocycles. The average molecular weight is 206 g/mol. The van der Waals surface area contributed by atoms with Crippen molar-refractivity contribution < 1.29 is 4.39 Å². The maximum absolute atomic E-state index is 12.9. The number of nitrogens with zero attached hydrogens (tertiary/aromatic N) is 2. The van der Waals surface area contributed by atoms with Gasteiger partial charge < -0.3 is 15.6 Å². The molecule has 0 aliphatic carbocycles. The summed E-state index contributed by atoms with van der Waals surface area (Å²) in [4.78, 5) is 9.48. The van der Waals surface area contributed by atoms with E-state index < -0.39 is 0 Å². The first-order valence-corrected chi connectivity index (χ1v) is 4.88. The van der Waals surface area contributed by atoms with E-state index >= 15 is 0 Å². The van der Waals surface area contributed by atoms with E-state index in [-0.39, 0.29) is 11.9 Å². The molecule has 78 valence electrons. The van der Waals surface area contributed by atoms with Crippen molar-refractivity contribution in [3.05, 3.63) is 24.0 Å². The average Bonchev–Trinajstić information content (AvgIpc) is 2.55. The zero-order chi connectivity index (χ0) is 10.4.